The molecule has 0 fully saturated rings. The average Bonchev–Trinajstić information content (AvgIpc) is 3.18. The Morgan fingerprint density at radius 1 is 0.481 bits per heavy atom. The second-order valence-corrected chi connectivity index (χ2v) is 15.7. The summed E-state index contributed by atoms with van der Waals surface area (Å²) in [5.74, 6) is -1.68. The molecule has 0 spiro atoms. The van der Waals surface area contributed by atoms with E-state index in [0.29, 0.717) is 6.42 Å². The van der Waals surface area contributed by atoms with Crippen LogP contribution in [0.2, 0.25) is 0 Å². The first-order valence-corrected chi connectivity index (χ1v) is 22.8. The summed E-state index contributed by atoms with van der Waals surface area (Å²) in [5, 5.41) is 0. The highest BCUT2D eigenvalue weighted by molar-refractivity contribution is 5.80. The minimum atomic E-state index is -1.40. The van der Waals surface area contributed by atoms with Crippen molar-refractivity contribution in [2.75, 3.05) is 6.54 Å². The highest BCUT2D eigenvalue weighted by atomic mass is 16.6. The van der Waals surface area contributed by atoms with Crippen molar-refractivity contribution in [2.45, 2.75) is 238 Å². The quantitative estimate of drug-likeness (QED) is 0.0405. The van der Waals surface area contributed by atoms with Gasteiger partial charge in [0, 0.05) is 19.4 Å². The summed E-state index contributed by atoms with van der Waals surface area (Å²) in [6, 6.07) is 9.31. The Kier molecular flexibility index (Phi) is 34.5. The Morgan fingerprint density at radius 2 is 0.815 bits per heavy atom. The van der Waals surface area contributed by atoms with E-state index >= 15 is 0 Å². The molecule has 2 atom stereocenters. The molecule has 2 unspecified atom stereocenters. The second-order valence-electron chi connectivity index (χ2n) is 15.7. The molecule has 0 saturated heterocycles. The molecule has 0 aliphatic rings. The molecule has 0 saturated carbocycles. The fraction of sp³-hybridized carbons (Fsp3) is 0.809. The van der Waals surface area contributed by atoms with Gasteiger partial charge in [0.1, 0.15) is 6.61 Å². The first-order chi connectivity index (χ1) is 26.5. The van der Waals surface area contributed by atoms with Gasteiger partial charge in [0.25, 0.3) is 0 Å². The molecule has 0 bridgehead atoms. The van der Waals surface area contributed by atoms with Crippen molar-refractivity contribution in [1.82, 2.24) is 0 Å². The van der Waals surface area contributed by atoms with Crippen LogP contribution in [0.1, 0.15) is 225 Å². The maximum Gasteiger partial charge on any atom is 0.351 e. The lowest BCUT2D eigenvalue weighted by Gasteiger charge is -2.24. The van der Waals surface area contributed by atoms with Crippen LogP contribution in [0, 0.1) is 0 Å². The Labute approximate surface area is 332 Å². The van der Waals surface area contributed by atoms with Crippen LogP contribution in [0.5, 0.6) is 0 Å². The van der Waals surface area contributed by atoms with Gasteiger partial charge in [0.05, 0.1) is 0 Å². The topological polar surface area (TPSA) is 105 Å². The first-order valence-electron chi connectivity index (χ1n) is 22.8. The SMILES string of the molecule is CCCCCCCCCCCCCCCCCC(=O)OC(CN)C(OC(=O)CCCCCCCCCCCCCCCCC)C(=O)OCc1ccccc1. The summed E-state index contributed by atoms with van der Waals surface area (Å²) in [4.78, 5) is 38.9. The lowest BCUT2D eigenvalue weighted by atomic mass is 10.0. The summed E-state index contributed by atoms with van der Waals surface area (Å²) in [5.41, 5.74) is 6.80. The highest BCUT2D eigenvalue weighted by Gasteiger charge is 2.35. The molecule has 0 aromatic heterocycles. The third-order valence-corrected chi connectivity index (χ3v) is 10.5. The molecule has 0 radical (unpaired) electrons. The zero-order chi connectivity index (χ0) is 39.2. The summed E-state index contributed by atoms with van der Waals surface area (Å²) >= 11 is 0. The van der Waals surface area contributed by atoms with E-state index in [1.807, 2.05) is 30.3 Å². The summed E-state index contributed by atoms with van der Waals surface area (Å²) in [6.45, 7) is 4.40. The van der Waals surface area contributed by atoms with Crippen LogP contribution in [0.4, 0.5) is 0 Å². The van der Waals surface area contributed by atoms with Crippen molar-refractivity contribution in [1.29, 1.82) is 0 Å². The number of nitrogens with two attached hydrogens (primary N) is 1. The maximum absolute atomic E-state index is 13.2. The number of ether oxygens (including phenoxy) is 3. The van der Waals surface area contributed by atoms with Crippen LogP contribution < -0.4 is 5.73 Å². The van der Waals surface area contributed by atoms with Gasteiger partial charge in [-0.05, 0) is 18.4 Å². The van der Waals surface area contributed by atoms with Gasteiger partial charge >= 0.3 is 17.9 Å². The molecule has 312 valence electrons. The minimum absolute atomic E-state index is 0.0249. The van der Waals surface area contributed by atoms with Crippen LogP contribution in [-0.4, -0.2) is 36.7 Å². The zero-order valence-electron chi connectivity index (χ0n) is 35.1. The lowest BCUT2D eigenvalue weighted by Crippen LogP contribution is -2.46. The number of carbonyl (C=O) groups excluding carboxylic acids is 3. The molecule has 1 aromatic rings. The highest BCUT2D eigenvalue weighted by Crippen LogP contribution is 2.17. The molecular weight excluding hydrogens is 675 g/mol. The van der Waals surface area contributed by atoms with Crippen molar-refractivity contribution in [3.63, 3.8) is 0 Å². The molecular formula is C47H83NO6. The number of benzene rings is 1. The summed E-state index contributed by atoms with van der Waals surface area (Å²) < 4.78 is 16.8. The molecule has 2 N–H and O–H groups in total. The number of hydrogen-bond acceptors (Lipinski definition) is 7. The summed E-state index contributed by atoms with van der Waals surface area (Å²) in [7, 11) is 0. The van der Waals surface area contributed by atoms with E-state index in [1.165, 1.54) is 154 Å². The molecule has 0 aliphatic carbocycles. The minimum Gasteiger partial charge on any atom is -0.458 e. The molecule has 0 amide bonds. The van der Waals surface area contributed by atoms with Gasteiger partial charge in [0.15, 0.2) is 6.10 Å². The van der Waals surface area contributed by atoms with Crippen molar-refractivity contribution in [3.05, 3.63) is 35.9 Å². The van der Waals surface area contributed by atoms with Gasteiger partial charge in [0.2, 0.25) is 6.10 Å². The molecule has 54 heavy (non-hydrogen) atoms. The Bertz CT molecular complexity index is 1000. The fourth-order valence-corrected chi connectivity index (χ4v) is 7.03. The molecule has 1 rings (SSSR count). The van der Waals surface area contributed by atoms with Crippen molar-refractivity contribution >= 4 is 17.9 Å². The fourth-order valence-electron chi connectivity index (χ4n) is 7.03. The van der Waals surface area contributed by atoms with Gasteiger partial charge in [-0.2, -0.15) is 0 Å². The van der Waals surface area contributed by atoms with E-state index in [2.05, 4.69) is 13.8 Å². The Balaban J connectivity index is 2.33. The zero-order valence-corrected chi connectivity index (χ0v) is 35.1. The lowest BCUT2D eigenvalue weighted by molar-refractivity contribution is -0.182. The van der Waals surface area contributed by atoms with Crippen LogP contribution in [0.15, 0.2) is 30.3 Å². The maximum atomic E-state index is 13.2. The van der Waals surface area contributed by atoms with Gasteiger partial charge in [-0.3, -0.25) is 9.59 Å². The van der Waals surface area contributed by atoms with Crippen molar-refractivity contribution < 1.29 is 28.6 Å². The standard InChI is InChI=1S/C47H83NO6/c1-3-5-7-9-11-13-15-17-19-21-23-25-27-29-34-38-44(49)53-43(40-48)46(47(51)52-41-42-36-32-31-33-37-42)54-45(50)39-35-30-28-26-24-22-20-18-16-14-12-10-8-6-4-2/h31-33,36-37,43,46H,3-30,34-35,38-41,48H2,1-2H3. The Hall–Kier alpha value is -2.41. The van der Waals surface area contributed by atoms with Crippen molar-refractivity contribution in [2.24, 2.45) is 5.73 Å². The normalized spacial score (nSPS) is 12.4. The largest absolute Gasteiger partial charge is 0.458 e. The predicted octanol–water partition coefficient (Wildman–Crippen LogP) is 13.0. The monoisotopic (exact) mass is 758 g/mol. The van der Waals surface area contributed by atoms with Gasteiger partial charge < -0.3 is 19.9 Å². The third kappa shape index (κ3) is 29.9. The first kappa shape index (κ1) is 49.6. The van der Waals surface area contributed by atoms with E-state index in [0.717, 1.165) is 37.7 Å². The van der Waals surface area contributed by atoms with Crippen molar-refractivity contribution in [3.8, 4) is 0 Å². The van der Waals surface area contributed by atoms with E-state index < -0.39 is 30.1 Å². The molecule has 0 aliphatic heterocycles. The van der Waals surface area contributed by atoms with Crippen LogP contribution in [0.25, 0.3) is 0 Å². The molecule has 7 heteroatoms. The summed E-state index contributed by atoms with van der Waals surface area (Å²) in [6.07, 6.45) is 35.3. The Morgan fingerprint density at radius 3 is 1.17 bits per heavy atom. The molecule has 0 heterocycles. The number of esters is 3. The number of hydrogen-bond donors (Lipinski definition) is 1. The van der Waals surface area contributed by atoms with E-state index in [4.69, 9.17) is 19.9 Å². The predicted molar refractivity (Wildman–Crippen MR) is 224 cm³/mol. The second kappa shape index (κ2) is 37.5. The molecule has 1 aromatic carbocycles. The average molecular weight is 758 g/mol. The number of carbonyl (C=O) groups is 3. The number of rotatable bonds is 39. The smallest absolute Gasteiger partial charge is 0.351 e. The van der Waals surface area contributed by atoms with E-state index in [9.17, 15) is 14.4 Å². The third-order valence-electron chi connectivity index (χ3n) is 10.5. The van der Waals surface area contributed by atoms with E-state index in [1.54, 1.807) is 0 Å². The number of unbranched alkanes of at least 4 members (excludes halogenated alkanes) is 28. The van der Waals surface area contributed by atoms with Crippen LogP contribution >= 0.6 is 0 Å². The van der Waals surface area contributed by atoms with Gasteiger partial charge in [-0.25, -0.2) is 4.79 Å². The van der Waals surface area contributed by atoms with E-state index in [-0.39, 0.29) is 26.0 Å². The molecule has 7 nitrogen and oxygen atoms in total. The van der Waals surface area contributed by atoms with Gasteiger partial charge in [-0.1, -0.05) is 224 Å². The van der Waals surface area contributed by atoms with Gasteiger partial charge in [-0.15, -0.1) is 0 Å². The van der Waals surface area contributed by atoms with Crippen LogP contribution in [-0.2, 0) is 35.2 Å². The van der Waals surface area contributed by atoms with Crippen LogP contribution in [0.3, 0.4) is 0 Å².